The third-order valence-corrected chi connectivity index (χ3v) is 3.20. The minimum absolute atomic E-state index is 0.490. The number of carboxylic acid groups (broad SMARTS) is 1. The Bertz CT molecular complexity index is 189. The largest absolute Gasteiger partial charge is 0.480 e. The summed E-state index contributed by atoms with van der Waals surface area (Å²) < 4.78 is 0. The average Bonchev–Trinajstić information content (AvgIpc) is 2.19. The van der Waals surface area contributed by atoms with E-state index in [0.717, 1.165) is 32.2 Å². The van der Waals surface area contributed by atoms with E-state index in [2.05, 4.69) is 0 Å². The van der Waals surface area contributed by atoms with Crippen LogP contribution in [0.4, 0.5) is 0 Å². The minimum atomic E-state index is -0.883. The molecule has 4 heteroatoms. The van der Waals surface area contributed by atoms with Gasteiger partial charge in [0, 0.05) is 0 Å². The molecule has 0 amide bonds. The first-order chi connectivity index (χ1) is 6.63. The van der Waals surface area contributed by atoms with E-state index in [1.165, 1.54) is 0 Å². The van der Waals surface area contributed by atoms with Crippen LogP contribution in [0.5, 0.6) is 0 Å². The standard InChI is InChI=1S/C10H20N2O2/c11-6-8-3-1-7(2-4-8)5-9(12)10(13)14/h7-9H,1-6,11-12H2,(H,13,14). The Hall–Kier alpha value is -0.610. The quantitative estimate of drug-likeness (QED) is 0.618. The highest BCUT2D eigenvalue weighted by Gasteiger charge is 2.24. The Balaban J connectivity index is 2.25. The van der Waals surface area contributed by atoms with Crippen molar-refractivity contribution in [1.82, 2.24) is 0 Å². The molecule has 0 saturated heterocycles. The van der Waals surface area contributed by atoms with Gasteiger partial charge in [-0.2, -0.15) is 0 Å². The fraction of sp³-hybridized carbons (Fsp3) is 0.900. The molecular formula is C10H20N2O2. The molecule has 4 nitrogen and oxygen atoms in total. The van der Waals surface area contributed by atoms with Crippen LogP contribution in [0.3, 0.4) is 0 Å². The van der Waals surface area contributed by atoms with E-state index in [4.69, 9.17) is 16.6 Å². The molecule has 14 heavy (non-hydrogen) atoms. The van der Waals surface area contributed by atoms with E-state index in [0.29, 0.717) is 18.3 Å². The lowest BCUT2D eigenvalue weighted by Crippen LogP contribution is -2.33. The van der Waals surface area contributed by atoms with Gasteiger partial charge in [0.15, 0.2) is 0 Å². The first kappa shape index (κ1) is 11.5. The van der Waals surface area contributed by atoms with Crippen molar-refractivity contribution in [2.45, 2.75) is 38.1 Å². The highest BCUT2D eigenvalue weighted by atomic mass is 16.4. The molecule has 5 N–H and O–H groups in total. The fourth-order valence-corrected chi connectivity index (χ4v) is 2.16. The topological polar surface area (TPSA) is 89.3 Å². The third-order valence-electron chi connectivity index (χ3n) is 3.20. The fourth-order valence-electron chi connectivity index (χ4n) is 2.16. The monoisotopic (exact) mass is 200 g/mol. The minimum Gasteiger partial charge on any atom is -0.480 e. The summed E-state index contributed by atoms with van der Waals surface area (Å²) in [5.41, 5.74) is 11.1. The number of carbonyl (C=O) groups is 1. The maximum atomic E-state index is 10.5. The second-order valence-electron chi connectivity index (χ2n) is 4.30. The highest BCUT2D eigenvalue weighted by Crippen LogP contribution is 2.30. The van der Waals surface area contributed by atoms with Crippen LogP contribution in [-0.2, 0) is 4.79 Å². The van der Waals surface area contributed by atoms with Crippen LogP contribution in [0.1, 0.15) is 32.1 Å². The maximum Gasteiger partial charge on any atom is 0.320 e. The van der Waals surface area contributed by atoms with Crippen molar-refractivity contribution in [2.75, 3.05) is 6.54 Å². The number of aliphatic carboxylic acids is 1. The predicted molar refractivity (Wildman–Crippen MR) is 54.7 cm³/mol. The number of hydrogen-bond acceptors (Lipinski definition) is 3. The van der Waals surface area contributed by atoms with E-state index < -0.39 is 12.0 Å². The van der Waals surface area contributed by atoms with Crippen molar-refractivity contribution in [3.05, 3.63) is 0 Å². The van der Waals surface area contributed by atoms with E-state index >= 15 is 0 Å². The molecule has 0 radical (unpaired) electrons. The molecule has 0 heterocycles. The van der Waals surface area contributed by atoms with Crippen molar-refractivity contribution in [1.29, 1.82) is 0 Å². The second kappa shape index (κ2) is 5.32. The molecule has 0 bridgehead atoms. The zero-order chi connectivity index (χ0) is 10.6. The first-order valence-electron chi connectivity index (χ1n) is 5.32. The molecule has 1 saturated carbocycles. The van der Waals surface area contributed by atoms with Gasteiger partial charge in [-0.15, -0.1) is 0 Å². The summed E-state index contributed by atoms with van der Waals surface area (Å²) in [5.74, 6) is 0.252. The van der Waals surface area contributed by atoms with Crippen molar-refractivity contribution in [2.24, 2.45) is 23.3 Å². The molecule has 0 aliphatic heterocycles. The summed E-state index contributed by atoms with van der Waals surface area (Å²) in [6, 6.07) is -0.686. The normalized spacial score (nSPS) is 29.9. The Morgan fingerprint density at radius 3 is 2.21 bits per heavy atom. The first-order valence-corrected chi connectivity index (χ1v) is 5.32. The summed E-state index contributed by atoms with van der Waals surface area (Å²) in [4.78, 5) is 10.5. The number of nitrogens with two attached hydrogens (primary N) is 2. The lowest BCUT2D eigenvalue weighted by molar-refractivity contribution is -0.139. The maximum absolute atomic E-state index is 10.5. The van der Waals surface area contributed by atoms with Gasteiger partial charge in [0.25, 0.3) is 0 Å². The van der Waals surface area contributed by atoms with E-state index in [9.17, 15) is 4.79 Å². The number of hydrogen-bond donors (Lipinski definition) is 3. The Kier molecular flexibility index (Phi) is 4.35. The number of rotatable bonds is 4. The van der Waals surface area contributed by atoms with Gasteiger partial charge in [-0.3, -0.25) is 4.79 Å². The summed E-state index contributed by atoms with van der Waals surface area (Å²) in [7, 11) is 0. The lowest BCUT2D eigenvalue weighted by Gasteiger charge is -2.28. The SMILES string of the molecule is NCC1CCC(CC(N)C(=O)O)CC1. The van der Waals surface area contributed by atoms with E-state index in [1.807, 2.05) is 0 Å². The van der Waals surface area contributed by atoms with Crippen molar-refractivity contribution >= 4 is 5.97 Å². The van der Waals surface area contributed by atoms with Crippen LogP contribution >= 0.6 is 0 Å². The Morgan fingerprint density at radius 1 is 1.29 bits per heavy atom. The Labute approximate surface area is 84.7 Å². The summed E-state index contributed by atoms with van der Waals surface area (Å²) >= 11 is 0. The predicted octanol–water partition coefficient (Wildman–Crippen LogP) is 0.554. The molecule has 1 aliphatic carbocycles. The molecule has 0 aromatic carbocycles. The molecule has 1 atom stereocenters. The highest BCUT2D eigenvalue weighted by molar-refractivity contribution is 5.73. The Morgan fingerprint density at radius 2 is 1.79 bits per heavy atom. The molecule has 1 unspecified atom stereocenters. The van der Waals surface area contributed by atoms with Crippen molar-refractivity contribution in [3.8, 4) is 0 Å². The molecular weight excluding hydrogens is 180 g/mol. The second-order valence-corrected chi connectivity index (χ2v) is 4.30. The van der Waals surface area contributed by atoms with Crippen LogP contribution in [0.15, 0.2) is 0 Å². The van der Waals surface area contributed by atoms with Gasteiger partial charge in [-0.05, 0) is 37.6 Å². The zero-order valence-corrected chi connectivity index (χ0v) is 8.48. The van der Waals surface area contributed by atoms with Crippen LogP contribution in [0.25, 0.3) is 0 Å². The summed E-state index contributed by atoms with van der Waals surface area (Å²) in [6.45, 7) is 0.762. The van der Waals surface area contributed by atoms with Crippen LogP contribution < -0.4 is 11.5 Å². The van der Waals surface area contributed by atoms with Crippen molar-refractivity contribution in [3.63, 3.8) is 0 Å². The van der Waals surface area contributed by atoms with E-state index in [1.54, 1.807) is 0 Å². The van der Waals surface area contributed by atoms with Crippen LogP contribution in [0.2, 0.25) is 0 Å². The smallest absolute Gasteiger partial charge is 0.320 e. The zero-order valence-electron chi connectivity index (χ0n) is 8.48. The average molecular weight is 200 g/mol. The molecule has 82 valence electrons. The molecule has 1 rings (SSSR count). The molecule has 0 aromatic heterocycles. The van der Waals surface area contributed by atoms with Gasteiger partial charge in [0.2, 0.25) is 0 Å². The van der Waals surface area contributed by atoms with Gasteiger partial charge >= 0.3 is 5.97 Å². The van der Waals surface area contributed by atoms with Gasteiger partial charge in [-0.1, -0.05) is 12.8 Å². The van der Waals surface area contributed by atoms with Crippen LogP contribution in [-0.4, -0.2) is 23.7 Å². The summed E-state index contributed by atoms with van der Waals surface area (Å²) in [6.07, 6.45) is 5.05. The van der Waals surface area contributed by atoms with Gasteiger partial charge in [0.1, 0.15) is 6.04 Å². The van der Waals surface area contributed by atoms with Gasteiger partial charge in [-0.25, -0.2) is 0 Å². The summed E-state index contributed by atoms with van der Waals surface area (Å²) in [5, 5.41) is 8.67. The van der Waals surface area contributed by atoms with E-state index in [-0.39, 0.29) is 0 Å². The number of carboxylic acids is 1. The molecule has 0 aromatic rings. The lowest BCUT2D eigenvalue weighted by atomic mass is 9.79. The van der Waals surface area contributed by atoms with Crippen molar-refractivity contribution < 1.29 is 9.90 Å². The molecule has 1 aliphatic rings. The van der Waals surface area contributed by atoms with Gasteiger partial charge < -0.3 is 16.6 Å². The molecule has 0 spiro atoms. The third kappa shape index (κ3) is 3.27. The van der Waals surface area contributed by atoms with Gasteiger partial charge in [0.05, 0.1) is 0 Å². The van der Waals surface area contributed by atoms with Crippen LogP contribution in [0, 0.1) is 11.8 Å². The molecule has 1 fully saturated rings.